The first kappa shape index (κ1) is 16.2. The Morgan fingerprint density at radius 3 is 2.92 bits per heavy atom. The van der Waals surface area contributed by atoms with E-state index in [-0.39, 0.29) is 6.04 Å². The summed E-state index contributed by atoms with van der Waals surface area (Å²) in [6, 6.07) is 3.90. The Balaban J connectivity index is 1.84. The average Bonchev–Trinajstić information content (AvgIpc) is 3.10. The van der Waals surface area contributed by atoms with Crippen molar-refractivity contribution >= 4 is 11.7 Å². The van der Waals surface area contributed by atoms with E-state index in [1.54, 1.807) is 16.9 Å². The zero-order valence-corrected chi connectivity index (χ0v) is 13.9. The number of anilines is 1. The Morgan fingerprint density at radius 1 is 1.33 bits per heavy atom. The molecule has 1 atom stereocenters. The van der Waals surface area contributed by atoms with Crippen LogP contribution in [-0.4, -0.2) is 30.5 Å². The van der Waals surface area contributed by atoms with Crippen molar-refractivity contribution < 1.29 is 4.79 Å². The molecule has 2 aromatic rings. The van der Waals surface area contributed by atoms with E-state index in [1.165, 1.54) is 0 Å². The van der Waals surface area contributed by atoms with E-state index in [4.69, 9.17) is 0 Å². The number of amides is 1. The minimum Gasteiger partial charge on any atom is -0.313 e. The number of rotatable bonds is 4. The van der Waals surface area contributed by atoms with Gasteiger partial charge in [0.1, 0.15) is 11.6 Å². The molecule has 126 valence electrons. The molecule has 8 nitrogen and oxygen atoms in total. The number of hydrogen-bond donors (Lipinski definition) is 1. The molecule has 0 unspecified atom stereocenters. The van der Waals surface area contributed by atoms with Gasteiger partial charge in [-0.2, -0.15) is 10.4 Å². The zero-order chi connectivity index (χ0) is 17.1. The summed E-state index contributed by atoms with van der Waals surface area (Å²) in [5.41, 5.74) is 0. The van der Waals surface area contributed by atoms with Gasteiger partial charge in [0.15, 0.2) is 11.7 Å². The molecule has 0 bridgehead atoms. The number of nitrogens with zero attached hydrogens (tertiary/aromatic N) is 6. The van der Waals surface area contributed by atoms with E-state index in [9.17, 15) is 10.1 Å². The van der Waals surface area contributed by atoms with E-state index in [2.05, 4.69) is 26.7 Å². The number of aromatic nitrogens is 5. The van der Waals surface area contributed by atoms with Gasteiger partial charge in [-0.15, -0.1) is 10.2 Å². The van der Waals surface area contributed by atoms with Crippen LogP contribution < -0.4 is 5.32 Å². The number of nitriles is 1. The summed E-state index contributed by atoms with van der Waals surface area (Å²) in [5.74, 6) is 0.482. The van der Waals surface area contributed by atoms with Crippen LogP contribution in [0.4, 0.5) is 5.82 Å². The van der Waals surface area contributed by atoms with Gasteiger partial charge in [0, 0.05) is 25.1 Å². The highest BCUT2D eigenvalue weighted by atomic mass is 16.2. The van der Waals surface area contributed by atoms with E-state index in [0.29, 0.717) is 11.6 Å². The van der Waals surface area contributed by atoms with Crippen molar-refractivity contribution in [2.45, 2.75) is 58.0 Å². The number of carbonyl (C=O) groups excluding carboxylic acids is 1. The lowest BCUT2D eigenvalue weighted by Gasteiger charge is -2.14. The molecule has 8 heteroatoms. The monoisotopic (exact) mass is 327 g/mol. The highest BCUT2D eigenvalue weighted by Gasteiger charge is 2.29. The molecule has 0 aliphatic carbocycles. The highest BCUT2D eigenvalue weighted by molar-refractivity contribution is 5.96. The molecule has 3 heterocycles. The van der Waals surface area contributed by atoms with Crippen molar-refractivity contribution in [2.24, 2.45) is 0 Å². The molecule has 0 aromatic carbocycles. The van der Waals surface area contributed by atoms with Crippen LogP contribution in [0, 0.1) is 11.3 Å². The molecule has 0 fully saturated rings. The van der Waals surface area contributed by atoms with E-state index in [1.807, 2.05) is 18.4 Å². The third kappa shape index (κ3) is 3.02. The van der Waals surface area contributed by atoms with Crippen LogP contribution in [0.25, 0.3) is 0 Å². The molecule has 3 rings (SSSR count). The van der Waals surface area contributed by atoms with Crippen molar-refractivity contribution in [3.8, 4) is 6.07 Å². The summed E-state index contributed by atoms with van der Waals surface area (Å²) < 4.78 is 3.64. The molecular weight excluding hydrogens is 306 g/mol. The van der Waals surface area contributed by atoms with Crippen molar-refractivity contribution in [1.29, 1.82) is 5.26 Å². The fraction of sp³-hybridized carbons (Fsp3) is 0.562. The first-order valence-corrected chi connectivity index (χ1v) is 8.27. The number of aryl methyl sites for hydroxylation is 1. The highest BCUT2D eigenvalue weighted by Crippen LogP contribution is 2.22. The van der Waals surface area contributed by atoms with Gasteiger partial charge in [-0.3, -0.25) is 4.79 Å². The average molecular weight is 327 g/mol. The predicted octanol–water partition coefficient (Wildman–Crippen LogP) is 2.03. The molecule has 2 aromatic heterocycles. The van der Waals surface area contributed by atoms with Crippen molar-refractivity contribution in [2.75, 3.05) is 5.32 Å². The summed E-state index contributed by atoms with van der Waals surface area (Å²) in [6.07, 6.45) is 5.67. The van der Waals surface area contributed by atoms with Crippen LogP contribution in [0.5, 0.6) is 0 Å². The molecule has 0 radical (unpaired) electrons. The van der Waals surface area contributed by atoms with Gasteiger partial charge in [-0.25, -0.2) is 4.68 Å². The van der Waals surface area contributed by atoms with Gasteiger partial charge in [0.2, 0.25) is 0 Å². The van der Waals surface area contributed by atoms with E-state index < -0.39 is 11.8 Å². The normalized spacial score (nSPS) is 15.4. The van der Waals surface area contributed by atoms with E-state index >= 15 is 0 Å². The smallest absolute Gasteiger partial charge is 0.250 e. The van der Waals surface area contributed by atoms with Gasteiger partial charge in [0.25, 0.3) is 5.91 Å². The van der Waals surface area contributed by atoms with Crippen molar-refractivity contribution in [3.05, 3.63) is 23.9 Å². The standard InChI is InChI=1S/C16H21N7O/c1-11(2)23-13(7-8-18-23)19-16(24)12(10-17)15-21-20-14-6-4-3-5-9-22(14)15/h7-8,11-12H,3-6,9H2,1-2H3,(H,19,24)/t12-/m1/s1. The quantitative estimate of drug-likeness (QED) is 0.925. The number of hydrogen-bond acceptors (Lipinski definition) is 5. The minimum absolute atomic E-state index is 0.111. The molecule has 0 saturated carbocycles. The molecule has 1 N–H and O–H groups in total. The van der Waals surface area contributed by atoms with Crippen molar-refractivity contribution in [3.63, 3.8) is 0 Å². The molecule has 1 amide bonds. The van der Waals surface area contributed by atoms with E-state index in [0.717, 1.165) is 38.1 Å². The topological polar surface area (TPSA) is 101 Å². The number of carbonyl (C=O) groups is 1. The van der Waals surface area contributed by atoms with Crippen LogP contribution >= 0.6 is 0 Å². The molecule has 1 aliphatic heterocycles. The number of fused-ring (bicyclic) bond motifs is 1. The Kier molecular flexibility index (Phi) is 4.60. The van der Waals surface area contributed by atoms with Gasteiger partial charge < -0.3 is 9.88 Å². The Labute approximate surface area is 140 Å². The largest absolute Gasteiger partial charge is 0.313 e. The third-order valence-corrected chi connectivity index (χ3v) is 4.20. The fourth-order valence-electron chi connectivity index (χ4n) is 2.98. The molecule has 0 saturated heterocycles. The Bertz CT molecular complexity index is 768. The third-order valence-electron chi connectivity index (χ3n) is 4.20. The summed E-state index contributed by atoms with van der Waals surface area (Å²) in [4.78, 5) is 12.6. The maximum Gasteiger partial charge on any atom is 0.250 e. The van der Waals surface area contributed by atoms with Crippen LogP contribution in [0.2, 0.25) is 0 Å². The second-order valence-corrected chi connectivity index (χ2v) is 6.24. The van der Waals surface area contributed by atoms with Gasteiger partial charge in [-0.05, 0) is 26.7 Å². The lowest BCUT2D eigenvalue weighted by molar-refractivity contribution is -0.116. The Hall–Kier alpha value is -2.69. The molecule has 1 aliphatic rings. The van der Waals surface area contributed by atoms with Crippen LogP contribution in [0.15, 0.2) is 12.3 Å². The second kappa shape index (κ2) is 6.83. The maximum absolute atomic E-state index is 12.6. The molecule has 24 heavy (non-hydrogen) atoms. The number of nitrogens with one attached hydrogen (secondary N) is 1. The lowest BCUT2D eigenvalue weighted by Crippen LogP contribution is -2.25. The van der Waals surface area contributed by atoms with Gasteiger partial charge in [0.05, 0.1) is 12.3 Å². The first-order chi connectivity index (χ1) is 11.6. The molecule has 0 spiro atoms. The lowest BCUT2D eigenvalue weighted by atomic mass is 10.1. The van der Waals surface area contributed by atoms with Crippen LogP contribution in [0.3, 0.4) is 0 Å². The molecular formula is C16H21N7O. The summed E-state index contributed by atoms with van der Waals surface area (Å²) >= 11 is 0. The van der Waals surface area contributed by atoms with Gasteiger partial charge >= 0.3 is 0 Å². The maximum atomic E-state index is 12.6. The summed E-state index contributed by atoms with van der Waals surface area (Å²) in [6.45, 7) is 4.71. The fourth-order valence-corrected chi connectivity index (χ4v) is 2.98. The van der Waals surface area contributed by atoms with Crippen molar-refractivity contribution in [1.82, 2.24) is 24.5 Å². The summed E-state index contributed by atoms with van der Waals surface area (Å²) in [7, 11) is 0. The summed E-state index contributed by atoms with van der Waals surface area (Å²) in [5, 5.41) is 24.8. The van der Waals surface area contributed by atoms with Gasteiger partial charge in [-0.1, -0.05) is 6.42 Å². The predicted molar refractivity (Wildman–Crippen MR) is 87.2 cm³/mol. The van der Waals surface area contributed by atoms with Crippen LogP contribution in [-0.2, 0) is 17.8 Å². The Morgan fingerprint density at radius 2 is 2.17 bits per heavy atom. The SMILES string of the molecule is CC(C)n1nccc1NC(=O)[C@H](C#N)c1nnc2n1CCCCC2. The first-order valence-electron chi connectivity index (χ1n) is 8.27. The zero-order valence-electron chi connectivity index (χ0n) is 13.9. The minimum atomic E-state index is -0.986. The second-order valence-electron chi connectivity index (χ2n) is 6.24. The van der Waals surface area contributed by atoms with Crippen LogP contribution in [0.1, 0.15) is 56.7 Å².